The molecule has 0 heterocycles. The molecule has 0 aliphatic rings. The van der Waals surface area contributed by atoms with E-state index in [0.29, 0.717) is 64.5 Å². The summed E-state index contributed by atoms with van der Waals surface area (Å²) in [6.07, 6.45) is 12.0. The molecule has 0 atom stereocenters. The van der Waals surface area contributed by atoms with E-state index in [1.54, 1.807) is 0 Å². The topological polar surface area (TPSA) is 80.3 Å². The largest absolute Gasteiger partial charge is 0.316 e. The fourth-order valence-corrected chi connectivity index (χ4v) is 3.14. The Morgan fingerprint density at radius 1 is 0.448 bits per heavy atom. The number of nitrogens with one attached hydrogen (secondary N) is 1. The zero-order valence-corrected chi connectivity index (χ0v) is 18.9. The Balaban J connectivity index is 3.55. The Morgan fingerprint density at radius 2 is 0.793 bits per heavy atom. The maximum Gasteiger partial charge on any atom is 0.134 e. The second kappa shape index (κ2) is 19.9. The predicted octanol–water partition coefficient (Wildman–Crippen LogP) is 5.13. The van der Waals surface area contributed by atoms with Gasteiger partial charge in [0.05, 0.1) is 0 Å². The van der Waals surface area contributed by atoms with Crippen molar-refractivity contribution in [1.82, 2.24) is 5.32 Å². The lowest BCUT2D eigenvalue weighted by Crippen LogP contribution is -2.22. The number of hydrogen-bond donors (Lipinski definition) is 1. The quantitative estimate of drug-likeness (QED) is 0.251. The van der Waals surface area contributed by atoms with Gasteiger partial charge < -0.3 is 5.32 Å². The number of hydrogen-bond acceptors (Lipinski definition) is 5. The Bertz CT molecular complexity index is 432. The second-order valence-corrected chi connectivity index (χ2v) is 8.03. The van der Waals surface area contributed by atoms with Gasteiger partial charge in [-0.15, -0.1) is 0 Å². The van der Waals surface area contributed by atoms with Gasteiger partial charge in [-0.25, -0.2) is 0 Å². The van der Waals surface area contributed by atoms with Crippen LogP contribution in [0.15, 0.2) is 0 Å². The zero-order valence-electron chi connectivity index (χ0n) is 18.9. The van der Waals surface area contributed by atoms with E-state index >= 15 is 0 Å². The minimum absolute atomic E-state index is 0.0967. The van der Waals surface area contributed by atoms with Gasteiger partial charge in [-0.2, -0.15) is 0 Å². The number of carbonyl (C=O) groups is 4. The molecule has 0 fully saturated rings. The van der Waals surface area contributed by atoms with Crippen molar-refractivity contribution in [3.63, 3.8) is 0 Å². The van der Waals surface area contributed by atoms with Crippen LogP contribution in [0.3, 0.4) is 0 Å². The molecule has 0 aromatic rings. The van der Waals surface area contributed by atoms with Crippen LogP contribution in [0.4, 0.5) is 0 Å². The molecule has 0 saturated carbocycles. The van der Waals surface area contributed by atoms with Crippen LogP contribution < -0.4 is 5.32 Å². The minimum atomic E-state index is 0.0967. The summed E-state index contributed by atoms with van der Waals surface area (Å²) in [7, 11) is 0. The molecule has 0 aromatic heterocycles. The highest BCUT2D eigenvalue weighted by atomic mass is 16.1. The summed E-state index contributed by atoms with van der Waals surface area (Å²) in [5.74, 6) is 0.569. The van der Waals surface area contributed by atoms with Crippen molar-refractivity contribution < 1.29 is 19.2 Å². The summed E-state index contributed by atoms with van der Waals surface area (Å²) in [4.78, 5) is 47.1. The molecule has 29 heavy (non-hydrogen) atoms. The highest BCUT2D eigenvalue weighted by Crippen LogP contribution is 2.07. The number of rotatable bonds is 22. The molecule has 0 aliphatic carbocycles. The van der Waals surface area contributed by atoms with Gasteiger partial charge in [0.15, 0.2) is 0 Å². The van der Waals surface area contributed by atoms with Gasteiger partial charge in [0.2, 0.25) is 0 Å². The lowest BCUT2D eigenvalue weighted by molar-refractivity contribution is -0.124. The minimum Gasteiger partial charge on any atom is -0.316 e. The molecule has 0 radical (unpaired) electrons. The third-order valence-electron chi connectivity index (χ3n) is 5.14. The first-order chi connectivity index (χ1) is 14.0. The van der Waals surface area contributed by atoms with Crippen molar-refractivity contribution in [3.8, 4) is 0 Å². The Hall–Kier alpha value is -1.36. The molecular formula is C24H43NO4. The van der Waals surface area contributed by atoms with Crippen LogP contribution in [0.2, 0.25) is 0 Å². The summed E-state index contributed by atoms with van der Waals surface area (Å²) < 4.78 is 0. The van der Waals surface area contributed by atoms with Crippen LogP contribution in [-0.4, -0.2) is 36.2 Å². The predicted molar refractivity (Wildman–Crippen MR) is 118 cm³/mol. The normalized spacial score (nSPS) is 10.8. The van der Waals surface area contributed by atoms with Crippen LogP contribution in [0.5, 0.6) is 0 Å². The molecule has 0 saturated heterocycles. The summed E-state index contributed by atoms with van der Waals surface area (Å²) >= 11 is 0. The summed E-state index contributed by atoms with van der Waals surface area (Å²) in [5.41, 5.74) is 0. The van der Waals surface area contributed by atoms with Crippen molar-refractivity contribution >= 4 is 23.1 Å². The fourth-order valence-electron chi connectivity index (χ4n) is 3.14. The van der Waals surface area contributed by atoms with E-state index in [9.17, 15) is 19.2 Å². The molecule has 0 unspecified atom stereocenters. The lowest BCUT2D eigenvalue weighted by Gasteiger charge is -2.05. The zero-order chi connectivity index (χ0) is 21.7. The van der Waals surface area contributed by atoms with E-state index in [4.69, 9.17) is 0 Å². The fraction of sp³-hybridized carbons (Fsp3) is 0.833. The van der Waals surface area contributed by atoms with E-state index in [1.807, 2.05) is 0 Å². The Kier molecular flexibility index (Phi) is 19.0. The number of ketones is 4. The molecule has 0 aromatic carbocycles. The summed E-state index contributed by atoms with van der Waals surface area (Å²) in [5, 5.41) is 3.11. The van der Waals surface area contributed by atoms with E-state index in [0.717, 1.165) is 51.4 Å². The van der Waals surface area contributed by atoms with Gasteiger partial charge in [0.1, 0.15) is 23.1 Å². The first kappa shape index (κ1) is 27.6. The molecule has 0 bridgehead atoms. The molecule has 0 spiro atoms. The van der Waals surface area contributed by atoms with Gasteiger partial charge >= 0.3 is 0 Å². The highest BCUT2D eigenvalue weighted by molar-refractivity contribution is 5.86. The van der Waals surface area contributed by atoms with Crippen LogP contribution in [0.1, 0.15) is 117 Å². The summed E-state index contributed by atoms with van der Waals surface area (Å²) in [6.45, 7) is 5.35. The third-order valence-corrected chi connectivity index (χ3v) is 5.14. The smallest absolute Gasteiger partial charge is 0.134 e. The van der Waals surface area contributed by atoms with Crippen molar-refractivity contribution in [2.45, 2.75) is 117 Å². The first-order valence-electron chi connectivity index (χ1n) is 11.8. The van der Waals surface area contributed by atoms with Crippen molar-refractivity contribution in [1.29, 1.82) is 0 Å². The van der Waals surface area contributed by atoms with E-state index in [-0.39, 0.29) is 23.1 Å². The van der Waals surface area contributed by atoms with Crippen LogP contribution >= 0.6 is 0 Å². The number of Topliss-reactive ketones (excluding diaryl/α,β-unsaturated/α-hetero) is 4. The SMILES string of the molecule is CCCCCCC(=O)CCC(=O)CCNCCC(=O)CCC(=O)CCCCCC. The maximum absolute atomic E-state index is 11.8. The maximum atomic E-state index is 11.8. The van der Waals surface area contributed by atoms with Gasteiger partial charge in [-0.05, 0) is 12.8 Å². The van der Waals surface area contributed by atoms with E-state index < -0.39 is 0 Å². The Labute approximate surface area is 177 Å². The average molecular weight is 410 g/mol. The lowest BCUT2D eigenvalue weighted by atomic mass is 10.0. The molecule has 0 aliphatic heterocycles. The first-order valence-corrected chi connectivity index (χ1v) is 11.8. The molecule has 0 amide bonds. The van der Waals surface area contributed by atoms with Crippen LogP contribution in [0, 0.1) is 0 Å². The molecule has 168 valence electrons. The molecule has 5 nitrogen and oxygen atoms in total. The second-order valence-electron chi connectivity index (χ2n) is 8.03. The summed E-state index contributed by atoms with van der Waals surface area (Å²) in [6, 6.07) is 0. The number of carbonyl (C=O) groups excluding carboxylic acids is 4. The van der Waals surface area contributed by atoms with Crippen LogP contribution in [0.25, 0.3) is 0 Å². The van der Waals surface area contributed by atoms with Crippen molar-refractivity contribution in [2.75, 3.05) is 13.1 Å². The van der Waals surface area contributed by atoms with Crippen molar-refractivity contribution in [3.05, 3.63) is 0 Å². The van der Waals surface area contributed by atoms with Gasteiger partial charge in [0, 0.05) is 64.5 Å². The molecular weight excluding hydrogens is 366 g/mol. The molecule has 0 rings (SSSR count). The van der Waals surface area contributed by atoms with E-state index in [1.165, 1.54) is 0 Å². The van der Waals surface area contributed by atoms with Gasteiger partial charge in [0.25, 0.3) is 0 Å². The highest BCUT2D eigenvalue weighted by Gasteiger charge is 2.09. The Morgan fingerprint density at radius 3 is 1.14 bits per heavy atom. The number of unbranched alkanes of at least 4 members (excludes halogenated alkanes) is 6. The average Bonchev–Trinajstić information content (AvgIpc) is 2.71. The monoisotopic (exact) mass is 409 g/mol. The van der Waals surface area contributed by atoms with Gasteiger partial charge in [-0.1, -0.05) is 52.4 Å². The van der Waals surface area contributed by atoms with E-state index in [2.05, 4.69) is 19.2 Å². The van der Waals surface area contributed by atoms with Crippen molar-refractivity contribution in [2.24, 2.45) is 0 Å². The molecule has 1 N–H and O–H groups in total. The standard InChI is InChI=1S/C24H43NO4/c1-3-5-7-9-11-21(26)13-15-23(28)17-19-25-20-18-24(29)16-14-22(27)12-10-8-6-4-2/h25H,3-20H2,1-2H3. The third kappa shape index (κ3) is 19.7. The molecule has 5 heteroatoms. The van der Waals surface area contributed by atoms with Gasteiger partial charge in [-0.3, -0.25) is 19.2 Å². The van der Waals surface area contributed by atoms with Crippen LogP contribution in [-0.2, 0) is 19.2 Å².